The number of alkyl halides is 3. The smallest absolute Gasteiger partial charge is 0.389 e. The number of aromatic nitrogens is 5. The van der Waals surface area contributed by atoms with Gasteiger partial charge in [0, 0.05) is 30.2 Å². The van der Waals surface area contributed by atoms with Crippen molar-refractivity contribution in [2.75, 3.05) is 17.7 Å². The number of aliphatic hydroxyl groups is 3. The Labute approximate surface area is 211 Å². The van der Waals surface area contributed by atoms with E-state index in [0.29, 0.717) is 12.0 Å². The first-order chi connectivity index (χ1) is 17.6. The number of nitrogens with one attached hydrogen (secondary N) is 1. The zero-order valence-corrected chi connectivity index (χ0v) is 19.9. The van der Waals surface area contributed by atoms with Crippen molar-refractivity contribution in [3.8, 4) is 0 Å². The first-order valence-corrected chi connectivity index (χ1v) is 12.5. The number of aliphatic hydroxyl groups excluding tert-OH is 3. The molecule has 6 atom stereocenters. The molecule has 0 radical (unpaired) electrons. The SMILES string of the molecule is OCC1CC(n2nnc3c(NC4CC4c4ccc(F)c(F)c4)nc(SCCC(F)(F)F)nc32)C(O)C1O. The molecule has 4 N–H and O–H groups in total. The van der Waals surface area contributed by atoms with Gasteiger partial charge in [-0.3, -0.25) is 0 Å². The van der Waals surface area contributed by atoms with Crippen molar-refractivity contribution < 1.29 is 37.3 Å². The van der Waals surface area contributed by atoms with Gasteiger partial charge in [0.05, 0.1) is 18.6 Å². The first kappa shape index (κ1) is 26.0. The molecule has 2 fully saturated rings. The summed E-state index contributed by atoms with van der Waals surface area (Å²) in [5.74, 6) is -2.78. The summed E-state index contributed by atoms with van der Waals surface area (Å²) < 4.78 is 66.3. The van der Waals surface area contributed by atoms with Gasteiger partial charge < -0.3 is 20.6 Å². The predicted molar refractivity (Wildman–Crippen MR) is 122 cm³/mol. The Hall–Kier alpha value is -2.62. The highest BCUT2D eigenvalue weighted by atomic mass is 32.2. The minimum Gasteiger partial charge on any atom is -0.396 e. The summed E-state index contributed by atoms with van der Waals surface area (Å²) in [6, 6.07) is 2.66. The highest BCUT2D eigenvalue weighted by Gasteiger charge is 2.44. The number of anilines is 1. The van der Waals surface area contributed by atoms with Gasteiger partial charge >= 0.3 is 6.18 Å². The Morgan fingerprint density at radius 1 is 1.08 bits per heavy atom. The molecule has 200 valence electrons. The van der Waals surface area contributed by atoms with Crippen LogP contribution >= 0.6 is 11.8 Å². The molecule has 5 rings (SSSR count). The quantitative estimate of drug-likeness (QED) is 0.192. The molecule has 9 nitrogen and oxygen atoms in total. The normalized spacial score (nSPS) is 27.7. The minimum absolute atomic E-state index is 0.0274. The van der Waals surface area contributed by atoms with Gasteiger partial charge in [0.15, 0.2) is 33.8 Å². The standard InChI is InChI=1S/C22H23F5N6O3S/c23-12-2-1-9(5-13(12)24)11-7-14(11)28-19-16-20(30-21(29-19)37-4-3-22(25,26)27)33(32-31-16)15-6-10(8-34)17(35)18(15)36/h1-2,5,10-11,14-15,17-18,34-36H,3-4,6-8H2,(H,28,29,30). The predicted octanol–water partition coefficient (Wildman–Crippen LogP) is 2.79. The van der Waals surface area contributed by atoms with Gasteiger partial charge in [-0.15, -0.1) is 5.10 Å². The van der Waals surface area contributed by atoms with Crippen LogP contribution in [0.25, 0.3) is 11.2 Å². The van der Waals surface area contributed by atoms with E-state index >= 15 is 0 Å². The Morgan fingerprint density at radius 3 is 2.54 bits per heavy atom. The van der Waals surface area contributed by atoms with Crippen LogP contribution in [0, 0.1) is 17.6 Å². The molecule has 0 bridgehead atoms. The van der Waals surface area contributed by atoms with Crippen LogP contribution in [0.3, 0.4) is 0 Å². The third-order valence-corrected chi connectivity index (χ3v) is 7.57. The molecule has 37 heavy (non-hydrogen) atoms. The highest BCUT2D eigenvalue weighted by Crippen LogP contribution is 2.44. The van der Waals surface area contributed by atoms with Gasteiger partial charge in [-0.1, -0.05) is 23.0 Å². The molecule has 6 unspecified atom stereocenters. The molecule has 0 amide bonds. The van der Waals surface area contributed by atoms with Crippen molar-refractivity contribution in [2.45, 2.75) is 60.8 Å². The molecule has 15 heteroatoms. The number of thioether (sulfide) groups is 1. The molecule has 0 saturated heterocycles. The summed E-state index contributed by atoms with van der Waals surface area (Å²) in [4.78, 5) is 8.67. The van der Waals surface area contributed by atoms with Gasteiger partial charge in [-0.25, -0.2) is 23.4 Å². The van der Waals surface area contributed by atoms with Gasteiger partial charge in [0.1, 0.15) is 6.10 Å². The number of benzene rings is 1. The third-order valence-electron chi connectivity index (χ3n) is 6.72. The van der Waals surface area contributed by atoms with E-state index in [1.807, 2.05) is 0 Å². The minimum atomic E-state index is -4.35. The van der Waals surface area contributed by atoms with Crippen LogP contribution in [0.5, 0.6) is 0 Å². The summed E-state index contributed by atoms with van der Waals surface area (Å²) >= 11 is 0.791. The summed E-state index contributed by atoms with van der Waals surface area (Å²) in [5.41, 5.74) is 0.931. The van der Waals surface area contributed by atoms with E-state index in [1.165, 1.54) is 10.7 Å². The van der Waals surface area contributed by atoms with Gasteiger partial charge in [0.25, 0.3) is 0 Å². The van der Waals surface area contributed by atoms with Crippen LogP contribution in [0.1, 0.15) is 36.8 Å². The fraction of sp³-hybridized carbons (Fsp3) is 0.545. The van der Waals surface area contributed by atoms with Gasteiger partial charge in [-0.2, -0.15) is 13.2 Å². The van der Waals surface area contributed by atoms with E-state index in [0.717, 1.165) is 23.9 Å². The number of fused-ring (bicyclic) bond motifs is 1. The van der Waals surface area contributed by atoms with Crippen molar-refractivity contribution in [3.63, 3.8) is 0 Å². The topological polar surface area (TPSA) is 129 Å². The average molecular weight is 547 g/mol. The van der Waals surface area contributed by atoms with E-state index < -0.39 is 48.4 Å². The summed E-state index contributed by atoms with van der Waals surface area (Å²) in [7, 11) is 0. The molecule has 0 aliphatic heterocycles. The molecule has 2 aliphatic rings. The molecule has 3 aromatic rings. The molecule has 0 spiro atoms. The van der Waals surface area contributed by atoms with E-state index in [1.54, 1.807) is 0 Å². The van der Waals surface area contributed by atoms with E-state index in [-0.39, 0.29) is 52.9 Å². The second kappa shape index (κ2) is 9.93. The van der Waals surface area contributed by atoms with Crippen molar-refractivity contribution in [3.05, 3.63) is 35.4 Å². The monoisotopic (exact) mass is 546 g/mol. The largest absolute Gasteiger partial charge is 0.396 e. The van der Waals surface area contributed by atoms with Gasteiger partial charge in [0.2, 0.25) is 0 Å². The van der Waals surface area contributed by atoms with E-state index in [4.69, 9.17) is 0 Å². The second-order valence-electron chi connectivity index (χ2n) is 9.27. The van der Waals surface area contributed by atoms with Crippen molar-refractivity contribution in [2.24, 2.45) is 5.92 Å². The molecule has 2 saturated carbocycles. The van der Waals surface area contributed by atoms with Crippen LogP contribution in [-0.2, 0) is 0 Å². The Kier molecular flexibility index (Phi) is 6.98. The van der Waals surface area contributed by atoms with Crippen LogP contribution < -0.4 is 5.32 Å². The average Bonchev–Trinajstić information content (AvgIpc) is 3.38. The lowest BCUT2D eigenvalue weighted by molar-refractivity contribution is -0.129. The fourth-order valence-electron chi connectivity index (χ4n) is 4.62. The lowest BCUT2D eigenvalue weighted by atomic mass is 10.1. The molecule has 2 heterocycles. The Morgan fingerprint density at radius 2 is 1.86 bits per heavy atom. The first-order valence-electron chi connectivity index (χ1n) is 11.6. The second-order valence-corrected chi connectivity index (χ2v) is 10.3. The number of hydrogen-bond donors (Lipinski definition) is 4. The molecular weight excluding hydrogens is 523 g/mol. The number of halogens is 5. The fourth-order valence-corrected chi connectivity index (χ4v) is 5.44. The molecule has 1 aromatic carbocycles. The highest BCUT2D eigenvalue weighted by molar-refractivity contribution is 7.99. The van der Waals surface area contributed by atoms with Crippen molar-refractivity contribution >= 4 is 28.7 Å². The number of nitrogens with zero attached hydrogens (tertiary/aromatic N) is 5. The van der Waals surface area contributed by atoms with Crippen molar-refractivity contribution in [1.82, 2.24) is 25.0 Å². The van der Waals surface area contributed by atoms with E-state index in [9.17, 15) is 37.3 Å². The lowest BCUT2D eigenvalue weighted by Gasteiger charge is -2.17. The molecule has 2 aromatic heterocycles. The summed E-state index contributed by atoms with van der Waals surface area (Å²) in [5, 5.41) is 41.6. The van der Waals surface area contributed by atoms with Crippen molar-refractivity contribution in [1.29, 1.82) is 0 Å². The maximum Gasteiger partial charge on any atom is 0.389 e. The van der Waals surface area contributed by atoms with E-state index in [2.05, 4.69) is 25.6 Å². The third kappa shape index (κ3) is 5.35. The Balaban J connectivity index is 1.44. The van der Waals surface area contributed by atoms with Crippen LogP contribution in [0.4, 0.5) is 27.8 Å². The molecular formula is C22H23F5N6O3S. The number of hydrogen-bond acceptors (Lipinski definition) is 9. The number of rotatable bonds is 8. The van der Waals surface area contributed by atoms with Gasteiger partial charge in [-0.05, 0) is 30.5 Å². The summed E-state index contributed by atoms with van der Waals surface area (Å²) in [6.07, 6.45) is -7.11. The zero-order valence-electron chi connectivity index (χ0n) is 19.1. The van der Waals surface area contributed by atoms with Crippen LogP contribution in [-0.4, -0.2) is 77.1 Å². The maximum absolute atomic E-state index is 13.7. The summed E-state index contributed by atoms with van der Waals surface area (Å²) in [6.45, 7) is -0.352. The Bertz CT molecular complexity index is 1290. The van der Waals surface area contributed by atoms with Crippen LogP contribution in [0.2, 0.25) is 0 Å². The van der Waals surface area contributed by atoms with Crippen LogP contribution in [0.15, 0.2) is 23.4 Å². The lowest BCUT2D eigenvalue weighted by Crippen LogP contribution is -2.30. The molecule has 2 aliphatic carbocycles. The zero-order chi connectivity index (χ0) is 26.5. The maximum atomic E-state index is 13.7.